The molecule has 0 aliphatic heterocycles. The molecule has 2 aromatic rings. The van der Waals surface area contributed by atoms with E-state index in [4.69, 9.17) is 5.73 Å². The van der Waals surface area contributed by atoms with Gasteiger partial charge in [0.2, 0.25) is 0 Å². The Hall–Kier alpha value is -2.10. The number of thiophene rings is 1. The van der Waals surface area contributed by atoms with Gasteiger partial charge in [0, 0.05) is 25.5 Å². The quantitative estimate of drug-likeness (QED) is 0.647. The predicted molar refractivity (Wildman–Crippen MR) is 84.2 cm³/mol. The highest BCUT2D eigenvalue weighted by molar-refractivity contribution is 7.14. The number of nitrogens with two attached hydrogens (primary N) is 1. The van der Waals surface area contributed by atoms with E-state index in [2.05, 4.69) is 22.3 Å². The molecule has 2 aromatic heterocycles. The van der Waals surface area contributed by atoms with Gasteiger partial charge in [0.25, 0.3) is 5.91 Å². The van der Waals surface area contributed by atoms with E-state index < -0.39 is 0 Å². The van der Waals surface area contributed by atoms with Crippen LogP contribution in [0.1, 0.15) is 26.5 Å². The summed E-state index contributed by atoms with van der Waals surface area (Å²) in [6.07, 6.45) is 4.50. The van der Waals surface area contributed by atoms with E-state index in [1.54, 1.807) is 6.20 Å². The lowest BCUT2D eigenvalue weighted by Gasteiger charge is -2.03. The minimum absolute atomic E-state index is 0.0515. The largest absolute Gasteiger partial charge is 0.351 e. The predicted octanol–water partition coefficient (Wildman–Crippen LogP) is 1.38. The first-order chi connectivity index (χ1) is 10.2. The third-order valence-electron chi connectivity index (χ3n) is 2.85. The summed E-state index contributed by atoms with van der Waals surface area (Å²) >= 11 is 1.40. The summed E-state index contributed by atoms with van der Waals surface area (Å²) in [5, 5.41) is 7.03. The Labute approximate surface area is 128 Å². The minimum Gasteiger partial charge on any atom is -0.351 e. The molecule has 3 N–H and O–H groups in total. The van der Waals surface area contributed by atoms with Crippen LogP contribution in [0.25, 0.3) is 0 Å². The molecule has 0 aliphatic carbocycles. The lowest BCUT2D eigenvalue weighted by Crippen LogP contribution is -2.24. The van der Waals surface area contributed by atoms with Crippen molar-refractivity contribution in [2.45, 2.75) is 19.9 Å². The summed E-state index contributed by atoms with van der Waals surface area (Å²) in [6, 6.07) is 3.75. The fourth-order valence-corrected chi connectivity index (χ4v) is 2.78. The maximum Gasteiger partial charge on any atom is 0.261 e. The number of carbonyl (C=O) groups is 1. The molecule has 2 rings (SSSR count). The number of amides is 1. The Morgan fingerprint density at radius 1 is 1.57 bits per heavy atom. The minimum atomic E-state index is -0.0515. The van der Waals surface area contributed by atoms with Crippen LogP contribution in [0.4, 0.5) is 0 Å². The molecule has 110 valence electrons. The number of rotatable bonds is 5. The van der Waals surface area contributed by atoms with Gasteiger partial charge in [-0.05, 0) is 31.0 Å². The first-order valence-corrected chi connectivity index (χ1v) is 7.57. The van der Waals surface area contributed by atoms with Crippen LogP contribution in [-0.2, 0) is 6.54 Å². The van der Waals surface area contributed by atoms with Crippen molar-refractivity contribution < 1.29 is 4.79 Å². The van der Waals surface area contributed by atoms with Crippen LogP contribution in [0.2, 0.25) is 0 Å². The molecule has 21 heavy (non-hydrogen) atoms. The third-order valence-corrected chi connectivity index (χ3v) is 4.01. The molecule has 0 aliphatic rings. The van der Waals surface area contributed by atoms with Crippen molar-refractivity contribution in [3.8, 4) is 11.8 Å². The zero-order valence-corrected chi connectivity index (χ0v) is 12.7. The Bertz CT molecular complexity index is 649. The number of nitrogens with zero attached hydrogens (tertiary/aromatic N) is 2. The van der Waals surface area contributed by atoms with Crippen molar-refractivity contribution in [3.05, 3.63) is 39.8 Å². The lowest BCUT2D eigenvalue weighted by atomic mass is 10.2. The standard InChI is InChI=1S/C15H18N4OS/c1-12-11-14(21-13(12)5-2-6-16)15(20)17-7-3-9-19-10-4-8-18-19/h4,8,10-11H,3,6-7,9,16H2,1H3,(H,17,20). The van der Waals surface area contributed by atoms with E-state index >= 15 is 0 Å². The molecule has 2 heterocycles. The molecular formula is C15H18N4OS. The van der Waals surface area contributed by atoms with E-state index in [9.17, 15) is 4.79 Å². The zero-order chi connectivity index (χ0) is 15.1. The lowest BCUT2D eigenvalue weighted by molar-refractivity contribution is 0.0956. The number of nitrogens with one attached hydrogen (secondary N) is 1. The molecule has 0 saturated carbocycles. The highest BCUT2D eigenvalue weighted by Crippen LogP contribution is 2.20. The van der Waals surface area contributed by atoms with Crippen LogP contribution in [0, 0.1) is 18.8 Å². The molecule has 0 saturated heterocycles. The fourth-order valence-electron chi connectivity index (χ4n) is 1.81. The summed E-state index contributed by atoms with van der Waals surface area (Å²) in [6.45, 7) is 3.70. The second-order valence-corrected chi connectivity index (χ2v) is 5.56. The second-order valence-electron chi connectivity index (χ2n) is 4.51. The van der Waals surface area contributed by atoms with Crippen molar-refractivity contribution in [2.75, 3.05) is 13.1 Å². The Morgan fingerprint density at radius 3 is 3.14 bits per heavy atom. The molecule has 0 bridgehead atoms. The average Bonchev–Trinajstić information content (AvgIpc) is 3.11. The molecule has 0 unspecified atom stereocenters. The van der Waals surface area contributed by atoms with Crippen molar-refractivity contribution in [2.24, 2.45) is 5.73 Å². The molecule has 0 radical (unpaired) electrons. The Balaban J connectivity index is 1.83. The molecule has 1 amide bonds. The fraction of sp³-hybridized carbons (Fsp3) is 0.333. The number of carbonyl (C=O) groups excluding carboxylic acids is 1. The van der Waals surface area contributed by atoms with Gasteiger partial charge in [-0.25, -0.2) is 0 Å². The van der Waals surface area contributed by atoms with Crippen LogP contribution in [0.5, 0.6) is 0 Å². The van der Waals surface area contributed by atoms with Crippen molar-refractivity contribution in [1.29, 1.82) is 0 Å². The molecule has 6 heteroatoms. The Kier molecular flexibility index (Phi) is 5.55. The van der Waals surface area contributed by atoms with E-state index in [-0.39, 0.29) is 5.91 Å². The van der Waals surface area contributed by atoms with Gasteiger partial charge in [-0.1, -0.05) is 11.8 Å². The third kappa shape index (κ3) is 4.45. The SMILES string of the molecule is Cc1cc(C(=O)NCCCn2cccn2)sc1C#CCN. The topological polar surface area (TPSA) is 72.9 Å². The van der Waals surface area contributed by atoms with Crippen LogP contribution in [-0.4, -0.2) is 28.8 Å². The maximum absolute atomic E-state index is 12.0. The number of hydrogen-bond acceptors (Lipinski definition) is 4. The molecule has 0 spiro atoms. The highest BCUT2D eigenvalue weighted by Gasteiger charge is 2.10. The van der Waals surface area contributed by atoms with E-state index in [0.29, 0.717) is 18.0 Å². The second kappa shape index (κ2) is 7.62. The molecular weight excluding hydrogens is 284 g/mol. The molecule has 0 atom stereocenters. The summed E-state index contributed by atoms with van der Waals surface area (Å²) in [5.74, 6) is 5.75. The van der Waals surface area contributed by atoms with E-state index in [0.717, 1.165) is 23.4 Å². The number of aromatic nitrogens is 2. The zero-order valence-electron chi connectivity index (χ0n) is 11.9. The summed E-state index contributed by atoms with van der Waals surface area (Å²) < 4.78 is 1.85. The normalized spacial score (nSPS) is 10.0. The highest BCUT2D eigenvalue weighted by atomic mass is 32.1. The van der Waals surface area contributed by atoms with Gasteiger partial charge in [0.1, 0.15) is 0 Å². The van der Waals surface area contributed by atoms with Gasteiger partial charge >= 0.3 is 0 Å². The van der Waals surface area contributed by atoms with Gasteiger partial charge in [0.15, 0.2) is 0 Å². The van der Waals surface area contributed by atoms with Gasteiger partial charge in [-0.15, -0.1) is 11.3 Å². The van der Waals surface area contributed by atoms with Gasteiger partial charge in [-0.2, -0.15) is 5.10 Å². The molecule has 0 fully saturated rings. The monoisotopic (exact) mass is 302 g/mol. The maximum atomic E-state index is 12.0. The Morgan fingerprint density at radius 2 is 2.43 bits per heavy atom. The molecule has 5 nitrogen and oxygen atoms in total. The number of hydrogen-bond donors (Lipinski definition) is 2. The summed E-state index contributed by atoms with van der Waals surface area (Å²) in [5.41, 5.74) is 6.38. The van der Waals surface area contributed by atoms with E-state index in [1.807, 2.05) is 29.9 Å². The van der Waals surface area contributed by atoms with Gasteiger partial charge in [-0.3, -0.25) is 9.48 Å². The van der Waals surface area contributed by atoms with Crippen LogP contribution in [0.3, 0.4) is 0 Å². The van der Waals surface area contributed by atoms with Crippen molar-refractivity contribution >= 4 is 17.2 Å². The molecule has 0 aromatic carbocycles. The van der Waals surface area contributed by atoms with Crippen LogP contribution >= 0.6 is 11.3 Å². The van der Waals surface area contributed by atoms with E-state index in [1.165, 1.54) is 11.3 Å². The number of aryl methyl sites for hydroxylation is 2. The van der Waals surface area contributed by atoms with Gasteiger partial charge in [0.05, 0.1) is 16.3 Å². The average molecular weight is 302 g/mol. The first-order valence-electron chi connectivity index (χ1n) is 6.75. The van der Waals surface area contributed by atoms with Crippen LogP contribution in [0.15, 0.2) is 24.5 Å². The van der Waals surface area contributed by atoms with Crippen LogP contribution < -0.4 is 11.1 Å². The summed E-state index contributed by atoms with van der Waals surface area (Å²) in [7, 11) is 0. The first kappa shape index (κ1) is 15.3. The van der Waals surface area contributed by atoms with Gasteiger partial charge < -0.3 is 11.1 Å². The summed E-state index contributed by atoms with van der Waals surface area (Å²) in [4.78, 5) is 13.6. The smallest absolute Gasteiger partial charge is 0.261 e. The van der Waals surface area contributed by atoms with Crippen molar-refractivity contribution in [3.63, 3.8) is 0 Å². The van der Waals surface area contributed by atoms with Crippen molar-refractivity contribution in [1.82, 2.24) is 15.1 Å².